The molecule has 1 aliphatic carbocycles. The predicted molar refractivity (Wildman–Crippen MR) is 65.1 cm³/mol. The molecule has 0 amide bonds. The Bertz CT molecular complexity index is 170. The van der Waals surface area contributed by atoms with Gasteiger partial charge in [0.2, 0.25) is 0 Å². The molecular formula is C13H27NO. The summed E-state index contributed by atoms with van der Waals surface area (Å²) >= 11 is 0. The van der Waals surface area contributed by atoms with E-state index in [1.54, 1.807) is 0 Å². The second-order valence-corrected chi connectivity index (χ2v) is 5.85. The fourth-order valence-electron chi connectivity index (χ4n) is 1.57. The van der Waals surface area contributed by atoms with Gasteiger partial charge in [0.15, 0.2) is 0 Å². The highest BCUT2D eigenvalue weighted by molar-refractivity contribution is 4.80. The first kappa shape index (κ1) is 13.0. The Labute approximate surface area is 94.8 Å². The molecule has 1 unspecified atom stereocenters. The zero-order valence-corrected chi connectivity index (χ0v) is 10.8. The van der Waals surface area contributed by atoms with Crippen LogP contribution < -0.4 is 5.32 Å². The standard InChI is InChI=1S/C13H27NO/c1-5-8-14-12(13(2,3)4)10-15-9-11-6-7-11/h11-12,14H,5-10H2,1-4H3. The van der Waals surface area contributed by atoms with Crippen molar-refractivity contribution in [2.24, 2.45) is 11.3 Å². The van der Waals surface area contributed by atoms with Crippen LogP contribution in [0.15, 0.2) is 0 Å². The van der Waals surface area contributed by atoms with Crippen molar-refractivity contribution in [1.29, 1.82) is 0 Å². The third kappa shape index (κ3) is 5.53. The van der Waals surface area contributed by atoms with Crippen molar-refractivity contribution in [3.8, 4) is 0 Å². The van der Waals surface area contributed by atoms with Crippen LogP contribution in [0.2, 0.25) is 0 Å². The summed E-state index contributed by atoms with van der Waals surface area (Å²) in [6.07, 6.45) is 3.94. The van der Waals surface area contributed by atoms with E-state index < -0.39 is 0 Å². The van der Waals surface area contributed by atoms with Crippen LogP contribution in [-0.2, 0) is 4.74 Å². The largest absolute Gasteiger partial charge is 0.380 e. The summed E-state index contributed by atoms with van der Waals surface area (Å²) in [5, 5.41) is 3.58. The molecule has 0 spiro atoms. The molecule has 15 heavy (non-hydrogen) atoms. The van der Waals surface area contributed by atoms with E-state index in [2.05, 4.69) is 33.0 Å². The number of hydrogen-bond donors (Lipinski definition) is 1. The summed E-state index contributed by atoms with van der Waals surface area (Å²) in [6, 6.07) is 0.483. The van der Waals surface area contributed by atoms with Crippen molar-refractivity contribution in [3.05, 3.63) is 0 Å². The van der Waals surface area contributed by atoms with E-state index in [1.807, 2.05) is 0 Å². The van der Waals surface area contributed by atoms with Crippen LogP contribution in [0.1, 0.15) is 47.0 Å². The Balaban J connectivity index is 2.20. The molecule has 90 valence electrons. The minimum atomic E-state index is 0.290. The lowest BCUT2D eigenvalue weighted by molar-refractivity contribution is 0.0693. The van der Waals surface area contributed by atoms with Crippen LogP contribution >= 0.6 is 0 Å². The van der Waals surface area contributed by atoms with E-state index in [0.29, 0.717) is 11.5 Å². The second kappa shape index (κ2) is 5.86. The van der Waals surface area contributed by atoms with Crippen LogP contribution in [0, 0.1) is 11.3 Å². The normalized spacial score (nSPS) is 19.2. The molecule has 1 saturated carbocycles. The smallest absolute Gasteiger partial charge is 0.0624 e. The number of nitrogens with one attached hydrogen (secondary N) is 1. The monoisotopic (exact) mass is 213 g/mol. The first-order valence-corrected chi connectivity index (χ1v) is 6.35. The Hall–Kier alpha value is -0.0800. The van der Waals surface area contributed by atoms with Gasteiger partial charge in [-0.1, -0.05) is 27.7 Å². The quantitative estimate of drug-likeness (QED) is 0.702. The van der Waals surface area contributed by atoms with E-state index in [9.17, 15) is 0 Å². The summed E-state index contributed by atoms with van der Waals surface area (Å²) in [5.74, 6) is 0.872. The lowest BCUT2D eigenvalue weighted by Gasteiger charge is -2.31. The van der Waals surface area contributed by atoms with Crippen LogP contribution in [0.4, 0.5) is 0 Å². The van der Waals surface area contributed by atoms with Crippen molar-refractivity contribution in [2.45, 2.75) is 53.0 Å². The molecule has 2 nitrogen and oxygen atoms in total. The topological polar surface area (TPSA) is 21.3 Å². The maximum Gasteiger partial charge on any atom is 0.0624 e. The third-order valence-corrected chi connectivity index (χ3v) is 3.02. The van der Waals surface area contributed by atoms with Gasteiger partial charge in [-0.15, -0.1) is 0 Å². The lowest BCUT2D eigenvalue weighted by Crippen LogP contribution is -2.44. The van der Waals surface area contributed by atoms with Crippen molar-refractivity contribution in [3.63, 3.8) is 0 Å². The van der Waals surface area contributed by atoms with Crippen molar-refractivity contribution in [1.82, 2.24) is 5.32 Å². The van der Waals surface area contributed by atoms with Crippen LogP contribution in [0.3, 0.4) is 0 Å². The Morgan fingerprint density at radius 1 is 1.33 bits per heavy atom. The van der Waals surface area contributed by atoms with Crippen molar-refractivity contribution in [2.75, 3.05) is 19.8 Å². The highest BCUT2D eigenvalue weighted by Gasteiger charge is 2.26. The van der Waals surface area contributed by atoms with Crippen molar-refractivity contribution < 1.29 is 4.74 Å². The van der Waals surface area contributed by atoms with Gasteiger partial charge < -0.3 is 10.1 Å². The molecular weight excluding hydrogens is 186 g/mol. The van der Waals surface area contributed by atoms with Gasteiger partial charge in [0, 0.05) is 12.6 Å². The molecule has 0 aromatic heterocycles. The molecule has 0 radical (unpaired) electrons. The zero-order valence-electron chi connectivity index (χ0n) is 10.8. The average Bonchev–Trinajstić information content (AvgIpc) is 2.92. The summed E-state index contributed by atoms with van der Waals surface area (Å²) in [6.45, 7) is 12.0. The maximum atomic E-state index is 5.78. The predicted octanol–water partition coefficient (Wildman–Crippen LogP) is 2.83. The molecule has 0 saturated heterocycles. The lowest BCUT2D eigenvalue weighted by atomic mass is 9.87. The van der Waals surface area contributed by atoms with Crippen LogP contribution in [0.25, 0.3) is 0 Å². The van der Waals surface area contributed by atoms with Gasteiger partial charge in [0.1, 0.15) is 0 Å². The SMILES string of the molecule is CCCNC(COCC1CC1)C(C)(C)C. The van der Waals surface area contributed by atoms with Crippen molar-refractivity contribution >= 4 is 0 Å². The first-order valence-electron chi connectivity index (χ1n) is 6.35. The third-order valence-electron chi connectivity index (χ3n) is 3.02. The molecule has 0 aromatic rings. The highest BCUT2D eigenvalue weighted by Crippen LogP contribution is 2.29. The van der Waals surface area contributed by atoms with Gasteiger partial charge >= 0.3 is 0 Å². The summed E-state index contributed by atoms with van der Waals surface area (Å²) in [4.78, 5) is 0. The fourth-order valence-corrected chi connectivity index (χ4v) is 1.57. The summed E-state index contributed by atoms with van der Waals surface area (Å²) in [7, 11) is 0. The molecule has 0 aromatic carbocycles. The Kier molecular flexibility index (Phi) is 5.07. The molecule has 0 aliphatic heterocycles. The fraction of sp³-hybridized carbons (Fsp3) is 1.00. The molecule has 1 atom stereocenters. The molecule has 1 rings (SSSR count). The zero-order chi connectivity index (χ0) is 11.3. The summed E-state index contributed by atoms with van der Waals surface area (Å²) in [5.41, 5.74) is 0.290. The van der Waals surface area contributed by atoms with E-state index >= 15 is 0 Å². The number of ether oxygens (including phenoxy) is 1. The first-order chi connectivity index (χ1) is 7.04. The van der Waals surface area contributed by atoms with Gasteiger partial charge in [-0.3, -0.25) is 0 Å². The maximum absolute atomic E-state index is 5.78. The van der Waals surface area contributed by atoms with Gasteiger partial charge in [-0.2, -0.15) is 0 Å². The van der Waals surface area contributed by atoms with Crippen LogP contribution in [0.5, 0.6) is 0 Å². The number of hydrogen-bond acceptors (Lipinski definition) is 2. The molecule has 2 heteroatoms. The average molecular weight is 213 g/mol. The van der Waals surface area contributed by atoms with Crippen LogP contribution in [-0.4, -0.2) is 25.8 Å². The van der Waals surface area contributed by atoms with E-state index in [0.717, 1.165) is 25.7 Å². The molecule has 0 heterocycles. The van der Waals surface area contributed by atoms with Gasteiger partial charge in [-0.25, -0.2) is 0 Å². The molecule has 1 aliphatic rings. The minimum Gasteiger partial charge on any atom is -0.380 e. The molecule has 0 bridgehead atoms. The minimum absolute atomic E-state index is 0.290. The summed E-state index contributed by atoms with van der Waals surface area (Å²) < 4.78 is 5.78. The van der Waals surface area contributed by atoms with Gasteiger partial charge in [0.25, 0.3) is 0 Å². The van der Waals surface area contributed by atoms with E-state index in [-0.39, 0.29) is 0 Å². The second-order valence-electron chi connectivity index (χ2n) is 5.85. The van der Waals surface area contributed by atoms with Gasteiger partial charge in [-0.05, 0) is 37.1 Å². The molecule has 1 N–H and O–H groups in total. The molecule has 1 fully saturated rings. The van der Waals surface area contributed by atoms with Gasteiger partial charge in [0.05, 0.1) is 6.61 Å². The number of rotatable bonds is 7. The highest BCUT2D eigenvalue weighted by atomic mass is 16.5. The van der Waals surface area contributed by atoms with E-state index in [4.69, 9.17) is 4.74 Å². The Morgan fingerprint density at radius 3 is 2.47 bits per heavy atom. The van der Waals surface area contributed by atoms with E-state index in [1.165, 1.54) is 19.3 Å². The Morgan fingerprint density at radius 2 is 2.00 bits per heavy atom.